The molecular formula is C25H36N4O3. The zero-order chi connectivity index (χ0) is 22.7. The van der Waals surface area contributed by atoms with Crippen molar-refractivity contribution in [3.63, 3.8) is 0 Å². The Morgan fingerprint density at radius 1 is 1.09 bits per heavy atom. The average molecular weight is 441 g/mol. The van der Waals surface area contributed by atoms with E-state index in [1.54, 1.807) is 12.1 Å². The molecule has 0 aromatic heterocycles. The summed E-state index contributed by atoms with van der Waals surface area (Å²) >= 11 is 0. The summed E-state index contributed by atoms with van der Waals surface area (Å²) in [7, 11) is 0. The van der Waals surface area contributed by atoms with Crippen molar-refractivity contribution in [2.75, 3.05) is 24.5 Å². The minimum atomic E-state index is -0.651. The molecule has 7 heteroatoms. The van der Waals surface area contributed by atoms with Crippen molar-refractivity contribution < 1.29 is 14.4 Å². The third kappa shape index (κ3) is 4.98. The molecule has 3 aliphatic rings. The minimum Gasteiger partial charge on any atom is -0.356 e. The van der Waals surface area contributed by atoms with Crippen molar-refractivity contribution in [2.24, 2.45) is 5.92 Å². The molecule has 2 N–H and O–H groups in total. The number of nitrogens with zero attached hydrogens (tertiary/aromatic N) is 2. The van der Waals surface area contributed by atoms with Gasteiger partial charge in [0.05, 0.1) is 5.69 Å². The van der Waals surface area contributed by atoms with E-state index < -0.39 is 12.1 Å². The number of piperidine rings is 2. The van der Waals surface area contributed by atoms with E-state index in [0.29, 0.717) is 36.5 Å². The van der Waals surface area contributed by atoms with Gasteiger partial charge in [-0.2, -0.15) is 0 Å². The first kappa shape index (κ1) is 22.8. The summed E-state index contributed by atoms with van der Waals surface area (Å²) in [6.45, 7) is 7.29. The van der Waals surface area contributed by atoms with Crippen molar-refractivity contribution in [1.29, 1.82) is 0 Å². The van der Waals surface area contributed by atoms with Gasteiger partial charge in [-0.05, 0) is 74.7 Å². The molecule has 0 saturated carbocycles. The van der Waals surface area contributed by atoms with Gasteiger partial charge < -0.3 is 15.5 Å². The quantitative estimate of drug-likeness (QED) is 0.637. The van der Waals surface area contributed by atoms with Gasteiger partial charge in [0.15, 0.2) is 0 Å². The van der Waals surface area contributed by atoms with Crippen LogP contribution in [0.15, 0.2) is 24.3 Å². The van der Waals surface area contributed by atoms with Gasteiger partial charge in [0.2, 0.25) is 5.91 Å². The zero-order valence-corrected chi connectivity index (χ0v) is 19.3. The summed E-state index contributed by atoms with van der Waals surface area (Å²) in [5.41, 5.74) is 1.72. The van der Waals surface area contributed by atoms with Crippen LogP contribution in [0.5, 0.6) is 0 Å². The van der Waals surface area contributed by atoms with Gasteiger partial charge >= 0.3 is 6.03 Å². The Kier molecular flexibility index (Phi) is 7.13. The maximum absolute atomic E-state index is 12.8. The molecule has 1 unspecified atom stereocenters. The van der Waals surface area contributed by atoms with Crippen LogP contribution in [0.25, 0.3) is 0 Å². The Balaban J connectivity index is 1.26. The Morgan fingerprint density at radius 2 is 1.84 bits per heavy atom. The van der Waals surface area contributed by atoms with Crippen LogP contribution in [0, 0.1) is 5.92 Å². The molecule has 0 radical (unpaired) electrons. The number of rotatable bonds is 7. The summed E-state index contributed by atoms with van der Waals surface area (Å²) in [4.78, 5) is 41.5. The first-order chi connectivity index (χ1) is 15.4. The topological polar surface area (TPSA) is 81.8 Å². The lowest BCUT2D eigenvalue weighted by atomic mass is 9.83. The number of hydrogen-bond donors (Lipinski definition) is 2. The highest BCUT2D eigenvalue weighted by Crippen LogP contribution is 2.30. The molecule has 0 spiro atoms. The summed E-state index contributed by atoms with van der Waals surface area (Å²) in [6.07, 6.45) is 6.73. The van der Waals surface area contributed by atoms with Gasteiger partial charge in [-0.25, -0.2) is 9.69 Å². The van der Waals surface area contributed by atoms with E-state index in [4.69, 9.17) is 0 Å². The first-order valence-electron chi connectivity index (χ1n) is 12.2. The monoisotopic (exact) mass is 440 g/mol. The summed E-state index contributed by atoms with van der Waals surface area (Å²) < 4.78 is 0. The van der Waals surface area contributed by atoms with Gasteiger partial charge in [0.1, 0.15) is 6.04 Å². The molecular weight excluding hydrogens is 404 g/mol. The maximum atomic E-state index is 12.8. The second-order valence-corrected chi connectivity index (χ2v) is 9.77. The molecule has 3 saturated heterocycles. The fourth-order valence-electron chi connectivity index (χ4n) is 5.40. The van der Waals surface area contributed by atoms with Crippen molar-refractivity contribution in [1.82, 2.24) is 15.5 Å². The number of imide groups is 1. The van der Waals surface area contributed by atoms with Crippen LogP contribution in [0.3, 0.4) is 0 Å². The van der Waals surface area contributed by atoms with Crippen LogP contribution in [-0.2, 0) is 9.59 Å². The van der Waals surface area contributed by atoms with Crippen molar-refractivity contribution in [2.45, 2.75) is 76.8 Å². The average Bonchev–Trinajstić information content (AvgIpc) is 3.09. The zero-order valence-electron chi connectivity index (χ0n) is 19.3. The molecule has 4 amide bonds. The van der Waals surface area contributed by atoms with Crippen LogP contribution >= 0.6 is 0 Å². The number of amides is 4. The summed E-state index contributed by atoms with van der Waals surface area (Å²) in [6, 6.07) is 7.03. The highest BCUT2D eigenvalue weighted by atomic mass is 16.2. The van der Waals surface area contributed by atoms with E-state index in [9.17, 15) is 14.4 Å². The Morgan fingerprint density at radius 3 is 2.59 bits per heavy atom. The number of hydrogen-bond acceptors (Lipinski definition) is 4. The van der Waals surface area contributed by atoms with E-state index in [0.717, 1.165) is 5.56 Å². The van der Waals surface area contributed by atoms with Crippen LogP contribution in [0.2, 0.25) is 0 Å². The van der Waals surface area contributed by atoms with Crippen LogP contribution in [0.1, 0.15) is 70.3 Å². The molecule has 1 aromatic carbocycles. The Labute approximate surface area is 190 Å². The maximum Gasteiger partial charge on any atom is 0.329 e. The van der Waals surface area contributed by atoms with Gasteiger partial charge in [0, 0.05) is 19.0 Å². The molecule has 32 heavy (non-hydrogen) atoms. The molecule has 174 valence electrons. The lowest BCUT2D eigenvalue weighted by Gasteiger charge is -2.44. The highest BCUT2D eigenvalue weighted by molar-refractivity contribution is 6.21. The predicted molar refractivity (Wildman–Crippen MR) is 125 cm³/mol. The molecule has 0 bridgehead atoms. The third-order valence-electron chi connectivity index (χ3n) is 7.29. The van der Waals surface area contributed by atoms with Crippen molar-refractivity contribution in [3.05, 3.63) is 29.8 Å². The number of urea groups is 1. The number of carbonyl (C=O) groups excluding carboxylic acids is 3. The van der Waals surface area contributed by atoms with E-state index in [2.05, 4.69) is 29.4 Å². The van der Waals surface area contributed by atoms with Crippen molar-refractivity contribution >= 4 is 23.5 Å². The lowest BCUT2D eigenvalue weighted by Crippen LogP contribution is -2.51. The standard InChI is InChI=1S/C25H36N4O3/c1-17(2)18-8-10-20(11-9-18)29-24(31)21(27-25(29)32)12-13-23(30)26-16-19-6-5-15-28-14-4-3-7-22(19)28/h8-11,17,19,21-22H,3-7,12-16H2,1-2H3,(H,26,30)(H,27,32)/t19-,21?,22+/m0/s1. The minimum absolute atomic E-state index is 0.0419. The molecule has 3 fully saturated rings. The largest absolute Gasteiger partial charge is 0.356 e. The highest BCUT2D eigenvalue weighted by Gasteiger charge is 2.39. The van der Waals surface area contributed by atoms with E-state index >= 15 is 0 Å². The predicted octanol–water partition coefficient (Wildman–Crippen LogP) is 3.40. The normalized spacial score (nSPS) is 26.2. The smallest absolute Gasteiger partial charge is 0.329 e. The Hall–Kier alpha value is -2.41. The molecule has 0 aliphatic carbocycles. The number of carbonyl (C=O) groups is 3. The number of benzene rings is 1. The molecule has 3 aliphatic heterocycles. The fraction of sp³-hybridized carbons (Fsp3) is 0.640. The van der Waals surface area contributed by atoms with E-state index in [1.807, 2.05) is 12.1 Å². The molecule has 3 atom stereocenters. The molecule has 1 aromatic rings. The van der Waals surface area contributed by atoms with E-state index in [-0.39, 0.29) is 18.2 Å². The molecule has 3 heterocycles. The Bertz CT molecular complexity index is 836. The third-order valence-corrected chi connectivity index (χ3v) is 7.29. The fourth-order valence-corrected chi connectivity index (χ4v) is 5.40. The van der Waals surface area contributed by atoms with Crippen LogP contribution < -0.4 is 15.5 Å². The second kappa shape index (κ2) is 10.0. The van der Waals surface area contributed by atoms with Crippen LogP contribution in [0.4, 0.5) is 10.5 Å². The van der Waals surface area contributed by atoms with E-state index in [1.165, 1.54) is 50.1 Å². The van der Waals surface area contributed by atoms with Gasteiger partial charge in [-0.3, -0.25) is 9.59 Å². The second-order valence-electron chi connectivity index (χ2n) is 9.77. The van der Waals surface area contributed by atoms with Gasteiger partial charge in [-0.15, -0.1) is 0 Å². The van der Waals surface area contributed by atoms with Crippen LogP contribution in [-0.4, -0.2) is 54.5 Å². The SMILES string of the molecule is CC(C)c1ccc(N2C(=O)NC(CCC(=O)NC[C@@H]3CCCN4CCCC[C@H]34)C2=O)cc1. The number of nitrogens with one attached hydrogen (secondary N) is 2. The lowest BCUT2D eigenvalue weighted by molar-refractivity contribution is -0.122. The first-order valence-corrected chi connectivity index (χ1v) is 12.2. The summed E-state index contributed by atoms with van der Waals surface area (Å²) in [5.74, 6) is 0.572. The van der Waals surface area contributed by atoms with Gasteiger partial charge in [0.25, 0.3) is 5.91 Å². The van der Waals surface area contributed by atoms with Gasteiger partial charge in [-0.1, -0.05) is 32.4 Å². The molecule has 4 rings (SSSR count). The summed E-state index contributed by atoms with van der Waals surface area (Å²) in [5, 5.41) is 5.83. The number of fused-ring (bicyclic) bond motifs is 1. The van der Waals surface area contributed by atoms with Crippen molar-refractivity contribution in [3.8, 4) is 0 Å². The number of anilines is 1. The molecule has 7 nitrogen and oxygen atoms in total.